The molecule has 2 aromatic carbocycles. The third kappa shape index (κ3) is 4.61. The Morgan fingerprint density at radius 1 is 1.19 bits per heavy atom. The van der Waals surface area contributed by atoms with Crippen LogP contribution in [-0.2, 0) is 17.1 Å². The van der Waals surface area contributed by atoms with Crippen LogP contribution in [0.5, 0.6) is 0 Å². The summed E-state index contributed by atoms with van der Waals surface area (Å²) in [7, 11) is 0. The SMILES string of the molecule is CCn1c(NNC(=O)CSCc2ccccc2Cl)nc2ccccc2c1=O. The molecule has 0 saturated carbocycles. The number of hydrazine groups is 1. The molecule has 0 unspecified atom stereocenters. The number of halogens is 1. The number of hydrogen-bond donors (Lipinski definition) is 2. The molecular formula is C19H19ClN4O2S. The van der Waals surface area contributed by atoms with E-state index < -0.39 is 0 Å². The van der Waals surface area contributed by atoms with Crippen molar-refractivity contribution in [1.82, 2.24) is 15.0 Å². The zero-order valence-electron chi connectivity index (χ0n) is 14.7. The molecule has 3 aromatic rings. The smallest absolute Gasteiger partial charge is 0.262 e. The first-order valence-corrected chi connectivity index (χ1v) is 9.99. The fourth-order valence-corrected chi connectivity index (χ4v) is 3.70. The van der Waals surface area contributed by atoms with Gasteiger partial charge in [0, 0.05) is 17.3 Å². The zero-order chi connectivity index (χ0) is 19.2. The Bertz CT molecular complexity index is 1020. The van der Waals surface area contributed by atoms with Gasteiger partial charge < -0.3 is 0 Å². The molecular weight excluding hydrogens is 384 g/mol. The lowest BCUT2D eigenvalue weighted by Gasteiger charge is -2.14. The highest BCUT2D eigenvalue weighted by molar-refractivity contribution is 7.99. The quantitative estimate of drug-likeness (QED) is 0.592. The maximum absolute atomic E-state index is 12.5. The lowest BCUT2D eigenvalue weighted by atomic mass is 10.2. The minimum Gasteiger partial charge on any atom is -0.277 e. The van der Waals surface area contributed by atoms with Gasteiger partial charge in [0.2, 0.25) is 11.9 Å². The van der Waals surface area contributed by atoms with Crippen LogP contribution in [0, 0.1) is 0 Å². The third-order valence-corrected chi connectivity index (χ3v) is 5.29. The number of amides is 1. The Balaban J connectivity index is 1.62. The van der Waals surface area contributed by atoms with Gasteiger partial charge in [0.1, 0.15) is 0 Å². The Hall–Kier alpha value is -2.51. The van der Waals surface area contributed by atoms with Crippen LogP contribution >= 0.6 is 23.4 Å². The van der Waals surface area contributed by atoms with Crippen molar-refractivity contribution in [3.63, 3.8) is 0 Å². The number of aromatic nitrogens is 2. The number of anilines is 1. The van der Waals surface area contributed by atoms with Gasteiger partial charge in [-0.25, -0.2) is 4.98 Å². The highest BCUT2D eigenvalue weighted by Crippen LogP contribution is 2.20. The van der Waals surface area contributed by atoms with Gasteiger partial charge in [0.25, 0.3) is 5.56 Å². The lowest BCUT2D eigenvalue weighted by molar-refractivity contribution is -0.118. The predicted octanol–water partition coefficient (Wildman–Crippen LogP) is 3.45. The number of nitrogens with one attached hydrogen (secondary N) is 2. The standard InChI is InChI=1S/C19H19ClN4O2S/c1-2-24-18(26)14-8-4-6-10-16(14)21-19(24)23-22-17(25)12-27-11-13-7-3-5-9-15(13)20/h3-10H,2,11-12H2,1H3,(H,21,23)(H,22,25). The monoisotopic (exact) mass is 402 g/mol. The normalized spacial score (nSPS) is 10.7. The van der Waals surface area contributed by atoms with E-state index in [1.165, 1.54) is 16.3 Å². The number of hydrogen-bond acceptors (Lipinski definition) is 5. The number of thioether (sulfide) groups is 1. The number of carbonyl (C=O) groups is 1. The van der Waals surface area contributed by atoms with E-state index in [2.05, 4.69) is 15.8 Å². The van der Waals surface area contributed by atoms with Crippen LogP contribution in [0.2, 0.25) is 5.02 Å². The Morgan fingerprint density at radius 3 is 2.70 bits per heavy atom. The summed E-state index contributed by atoms with van der Waals surface area (Å²) in [5.74, 6) is 0.992. The largest absolute Gasteiger partial charge is 0.277 e. The van der Waals surface area contributed by atoms with Crippen molar-refractivity contribution in [1.29, 1.82) is 0 Å². The van der Waals surface area contributed by atoms with E-state index in [1.54, 1.807) is 18.2 Å². The van der Waals surface area contributed by atoms with Crippen LogP contribution in [0.4, 0.5) is 5.95 Å². The first-order valence-electron chi connectivity index (χ1n) is 8.45. The van der Waals surface area contributed by atoms with Crippen LogP contribution in [0.1, 0.15) is 12.5 Å². The average Bonchev–Trinajstić information content (AvgIpc) is 2.68. The molecule has 0 saturated heterocycles. The van der Waals surface area contributed by atoms with Gasteiger partial charge >= 0.3 is 0 Å². The van der Waals surface area contributed by atoms with Gasteiger partial charge in [-0.05, 0) is 30.7 Å². The summed E-state index contributed by atoms with van der Waals surface area (Å²) in [5, 5.41) is 1.24. The van der Waals surface area contributed by atoms with Gasteiger partial charge in [0.05, 0.1) is 16.7 Å². The number of rotatable bonds is 7. The van der Waals surface area contributed by atoms with E-state index in [4.69, 9.17) is 11.6 Å². The summed E-state index contributed by atoms with van der Waals surface area (Å²) in [6.45, 7) is 2.29. The molecule has 1 heterocycles. The fourth-order valence-electron chi connectivity index (χ4n) is 2.59. The summed E-state index contributed by atoms with van der Waals surface area (Å²) in [5.41, 5.74) is 6.79. The molecule has 1 aromatic heterocycles. The van der Waals surface area contributed by atoms with Crippen LogP contribution in [0.25, 0.3) is 10.9 Å². The van der Waals surface area contributed by atoms with Gasteiger partial charge in [-0.15, -0.1) is 11.8 Å². The molecule has 0 spiro atoms. The fraction of sp³-hybridized carbons (Fsp3) is 0.211. The van der Waals surface area contributed by atoms with Crippen molar-refractivity contribution < 1.29 is 4.79 Å². The number of para-hydroxylation sites is 1. The molecule has 140 valence electrons. The highest BCUT2D eigenvalue weighted by Gasteiger charge is 2.10. The van der Waals surface area contributed by atoms with E-state index in [0.29, 0.717) is 34.2 Å². The van der Waals surface area contributed by atoms with Crippen molar-refractivity contribution in [2.75, 3.05) is 11.2 Å². The van der Waals surface area contributed by atoms with E-state index in [9.17, 15) is 9.59 Å². The molecule has 0 bridgehead atoms. The van der Waals surface area contributed by atoms with Crippen LogP contribution < -0.4 is 16.4 Å². The minimum atomic E-state index is -0.211. The van der Waals surface area contributed by atoms with Gasteiger partial charge in [-0.3, -0.25) is 25.0 Å². The molecule has 2 N–H and O–H groups in total. The van der Waals surface area contributed by atoms with Gasteiger partial charge in [-0.2, -0.15) is 0 Å². The Morgan fingerprint density at radius 2 is 1.93 bits per heavy atom. The topological polar surface area (TPSA) is 76.0 Å². The second-order valence-electron chi connectivity index (χ2n) is 5.76. The van der Waals surface area contributed by atoms with Crippen LogP contribution in [0.3, 0.4) is 0 Å². The van der Waals surface area contributed by atoms with E-state index >= 15 is 0 Å². The second kappa shape index (κ2) is 8.92. The summed E-state index contributed by atoms with van der Waals surface area (Å²) in [6.07, 6.45) is 0. The first kappa shape index (κ1) is 19.3. The zero-order valence-corrected chi connectivity index (χ0v) is 16.3. The van der Waals surface area contributed by atoms with E-state index in [0.717, 1.165) is 5.56 Å². The van der Waals surface area contributed by atoms with Gasteiger partial charge in [-0.1, -0.05) is 41.9 Å². The minimum absolute atomic E-state index is 0.145. The third-order valence-electron chi connectivity index (χ3n) is 3.94. The maximum Gasteiger partial charge on any atom is 0.262 e. The van der Waals surface area contributed by atoms with Crippen LogP contribution in [-0.4, -0.2) is 21.2 Å². The molecule has 0 atom stereocenters. The molecule has 0 aliphatic carbocycles. The summed E-state index contributed by atoms with van der Waals surface area (Å²) >= 11 is 7.56. The summed E-state index contributed by atoms with van der Waals surface area (Å²) in [4.78, 5) is 29.1. The number of nitrogens with zero attached hydrogens (tertiary/aromatic N) is 2. The molecule has 0 aliphatic rings. The molecule has 3 rings (SSSR count). The molecule has 0 aliphatic heterocycles. The Kier molecular flexibility index (Phi) is 6.36. The molecule has 27 heavy (non-hydrogen) atoms. The maximum atomic E-state index is 12.5. The molecule has 6 nitrogen and oxygen atoms in total. The van der Waals surface area contributed by atoms with Crippen LogP contribution in [0.15, 0.2) is 53.3 Å². The van der Waals surface area contributed by atoms with Crippen molar-refractivity contribution in [3.05, 3.63) is 69.5 Å². The van der Waals surface area contributed by atoms with Crippen molar-refractivity contribution in [2.45, 2.75) is 19.2 Å². The first-order chi connectivity index (χ1) is 13.1. The second-order valence-corrected chi connectivity index (χ2v) is 7.15. The van der Waals surface area contributed by atoms with Crippen molar-refractivity contribution >= 4 is 46.1 Å². The molecule has 8 heteroatoms. The lowest BCUT2D eigenvalue weighted by Crippen LogP contribution is -2.35. The Labute approximate surface area is 165 Å². The molecule has 0 fully saturated rings. The summed E-state index contributed by atoms with van der Waals surface area (Å²) in [6, 6.07) is 14.7. The van der Waals surface area contributed by atoms with E-state index in [-0.39, 0.29) is 17.2 Å². The summed E-state index contributed by atoms with van der Waals surface area (Å²) < 4.78 is 1.49. The number of fused-ring (bicyclic) bond motifs is 1. The van der Waals surface area contributed by atoms with Gasteiger partial charge in [0.15, 0.2) is 0 Å². The van der Waals surface area contributed by atoms with E-state index in [1.807, 2.05) is 37.3 Å². The highest BCUT2D eigenvalue weighted by atomic mass is 35.5. The number of benzene rings is 2. The van der Waals surface area contributed by atoms with Crippen molar-refractivity contribution in [2.24, 2.45) is 0 Å². The number of carbonyl (C=O) groups excluding carboxylic acids is 1. The van der Waals surface area contributed by atoms with Crippen molar-refractivity contribution in [3.8, 4) is 0 Å². The molecule has 0 radical (unpaired) electrons. The predicted molar refractivity (Wildman–Crippen MR) is 111 cm³/mol. The average molecular weight is 403 g/mol. The molecule has 1 amide bonds.